The highest BCUT2D eigenvalue weighted by molar-refractivity contribution is 14.0. The predicted octanol–water partition coefficient (Wildman–Crippen LogP) is 3.09. The molecule has 1 aliphatic rings. The quantitative estimate of drug-likeness (QED) is 0.208. The third-order valence-electron chi connectivity index (χ3n) is 4.32. The summed E-state index contributed by atoms with van der Waals surface area (Å²) in [5, 5.41) is 17.3. The Labute approximate surface area is 174 Å². The van der Waals surface area contributed by atoms with Crippen LogP contribution >= 0.6 is 24.0 Å². The average Bonchev–Trinajstić information content (AvgIpc) is 3.31. The molecule has 0 spiro atoms. The van der Waals surface area contributed by atoms with Crippen LogP contribution < -0.4 is 10.6 Å². The summed E-state index contributed by atoms with van der Waals surface area (Å²) in [7, 11) is 0. The molecule has 3 N–H and O–H groups in total. The fourth-order valence-electron chi connectivity index (χ4n) is 2.74. The Kier molecular flexibility index (Phi) is 9.95. The van der Waals surface area contributed by atoms with Gasteiger partial charge in [-0.2, -0.15) is 0 Å². The number of nitrogens with zero attached hydrogens (tertiary/aromatic N) is 1. The molecule has 0 bridgehead atoms. The van der Waals surface area contributed by atoms with Gasteiger partial charge in [-0.3, -0.25) is 0 Å². The molecule has 0 amide bonds. The summed E-state index contributed by atoms with van der Waals surface area (Å²) in [6.07, 6.45) is 3.59. The van der Waals surface area contributed by atoms with Crippen LogP contribution in [0.3, 0.4) is 0 Å². The molecule has 0 radical (unpaired) electrons. The van der Waals surface area contributed by atoms with Gasteiger partial charge in [0.2, 0.25) is 0 Å². The molecule has 1 heterocycles. The van der Waals surface area contributed by atoms with Crippen LogP contribution in [0.2, 0.25) is 0 Å². The smallest absolute Gasteiger partial charge is 0.191 e. The van der Waals surface area contributed by atoms with Crippen molar-refractivity contribution in [1.82, 2.24) is 10.6 Å². The number of hydrogen-bond donors (Lipinski definition) is 3. The lowest BCUT2D eigenvalue weighted by Crippen LogP contribution is -2.39. The molecule has 0 aromatic carbocycles. The van der Waals surface area contributed by atoms with E-state index in [1.165, 1.54) is 12.8 Å². The summed E-state index contributed by atoms with van der Waals surface area (Å²) in [5.74, 6) is 3.06. The maximum absolute atomic E-state index is 10.8. The first-order valence-corrected chi connectivity index (χ1v) is 9.32. The van der Waals surface area contributed by atoms with Crippen molar-refractivity contribution < 1.29 is 14.3 Å². The van der Waals surface area contributed by atoms with Gasteiger partial charge in [0.05, 0.1) is 6.54 Å². The highest BCUT2D eigenvalue weighted by Crippen LogP contribution is 2.28. The first-order chi connectivity index (χ1) is 11.9. The molecule has 0 aliphatic heterocycles. The van der Waals surface area contributed by atoms with Crippen LogP contribution in [-0.2, 0) is 10.3 Å². The number of aliphatic hydroxyl groups is 1. The minimum atomic E-state index is -1.06. The fraction of sp³-hybridized carbons (Fsp3) is 0.737. The summed E-state index contributed by atoms with van der Waals surface area (Å²) < 4.78 is 11.2. The summed E-state index contributed by atoms with van der Waals surface area (Å²) >= 11 is 0. The van der Waals surface area contributed by atoms with E-state index >= 15 is 0 Å². The van der Waals surface area contributed by atoms with E-state index in [4.69, 9.17) is 9.15 Å². The Balaban J connectivity index is 0.00000338. The van der Waals surface area contributed by atoms with Gasteiger partial charge in [0, 0.05) is 31.9 Å². The van der Waals surface area contributed by atoms with Crippen molar-refractivity contribution in [3.8, 4) is 0 Å². The predicted molar refractivity (Wildman–Crippen MR) is 115 cm³/mol. The molecule has 1 atom stereocenters. The number of rotatable bonds is 10. The van der Waals surface area contributed by atoms with Crippen molar-refractivity contribution in [3.63, 3.8) is 0 Å². The van der Waals surface area contributed by atoms with Gasteiger partial charge in [0.25, 0.3) is 0 Å². The molecule has 2 rings (SSSR count). The first-order valence-electron chi connectivity index (χ1n) is 9.32. The molecule has 0 saturated heterocycles. The van der Waals surface area contributed by atoms with Crippen LogP contribution in [0.1, 0.15) is 50.2 Å². The van der Waals surface area contributed by atoms with Gasteiger partial charge in [0.1, 0.15) is 17.1 Å². The zero-order valence-corrected chi connectivity index (χ0v) is 18.8. The van der Waals surface area contributed by atoms with E-state index in [1.807, 2.05) is 26.8 Å². The molecule has 1 aliphatic carbocycles. The van der Waals surface area contributed by atoms with Crippen molar-refractivity contribution in [3.05, 3.63) is 23.2 Å². The molecule has 1 saturated carbocycles. The van der Waals surface area contributed by atoms with Gasteiger partial charge in [-0.25, -0.2) is 4.99 Å². The van der Waals surface area contributed by atoms with Crippen LogP contribution in [-0.4, -0.2) is 43.9 Å². The zero-order valence-electron chi connectivity index (χ0n) is 16.4. The number of ether oxygens (including phenoxy) is 1. The highest BCUT2D eigenvalue weighted by Gasteiger charge is 2.27. The zero-order chi connectivity index (χ0) is 18.3. The third-order valence-corrected chi connectivity index (χ3v) is 4.32. The van der Waals surface area contributed by atoms with Crippen molar-refractivity contribution in [2.24, 2.45) is 10.9 Å². The number of aliphatic imine (C=N–C) groups is 1. The van der Waals surface area contributed by atoms with E-state index in [0.29, 0.717) is 5.96 Å². The molecule has 26 heavy (non-hydrogen) atoms. The molecule has 6 nitrogen and oxygen atoms in total. The monoisotopic (exact) mass is 479 g/mol. The van der Waals surface area contributed by atoms with E-state index in [1.54, 1.807) is 6.92 Å². The van der Waals surface area contributed by atoms with Crippen molar-refractivity contribution in [1.29, 1.82) is 0 Å². The topological polar surface area (TPSA) is 79.0 Å². The fourth-order valence-corrected chi connectivity index (χ4v) is 2.74. The lowest BCUT2D eigenvalue weighted by molar-refractivity contribution is 0.0657. The summed E-state index contributed by atoms with van der Waals surface area (Å²) in [6, 6.07) is 1.88. The van der Waals surface area contributed by atoms with Crippen LogP contribution in [0, 0.1) is 19.8 Å². The number of aryl methyl sites for hydroxylation is 2. The van der Waals surface area contributed by atoms with Crippen LogP contribution in [0.15, 0.2) is 15.5 Å². The number of furan rings is 1. The molecular formula is C19H34IN3O3. The summed E-state index contributed by atoms with van der Waals surface area (Å²) in [4.78, 5) is 4.53. The van der Waals surface area contributed by atoms with Gasteiger partial charge in [-0.05, 0) is 58.9 Å². The van der Waals surface area contributed by atoms with Crippen molar-refractivity contribution in [2.45, 2.75) is 52.6 Å². The maximum atomic E-state index is 10.8. The lowest BCUT2D eigenvalue weighted by atomic mass is 9.96. The van der Waals surface area contributed by atoms with Crippen molar-refractivity contribution in [2.75, 3.05) is 32.8 Å². The Bertz CT molecular complexity index is 568. The molecule has 7 heteroatoms. The first kappa shape index (κ1) is 23.2. The Morgan fingerprint density at radius 3 is 2.69 bits per heavy atom. The second-order valence-electron chi connectivity index (χ2n) is 7.09. The molecule has 1 unspecified atom stereocenters. The standard InChI is InChI=1S/C19H33N3O3.HI/c1-5-20-18(21-9-6-10-24-12-16-7-8-16)22-13-19(4,23)17-11-14(2)25-15(17)3;/h11,16,23H,5-10,12-13H2,1-4H3,(H2,20,21,22);1H. The van der Waals surface area contributed by atoms with Crippen LogP contribution in [0.25, 0.3) is 0 Å². The molecule has 1 aromatic rings. The van der Waals surface area contributed by atoms with Gasteiger partial charge < -0.3 is 24.9 Å². The van der Waals surface area contributed by atoms with Gasteiger partial charge in [-0.15, -0.1) is 24.0 Å². The largest absolute Gasteiger partial charge is 0.466 e. The van der Waals surface area contributed by atoms with Gasteiger partial charge in [-0.1, -0.05) is 0 Å². The minimum Gasteiger partial charge on any atom is -0.466 e. The maximum Gasteiger partial charge on any atom is 0.191 e. The Morgan fingerprint density at radius 2 is 2.12 bits per heavy atom. The Hall–Kier alpha value is -0.800. The number of nitrogens with one attached hydrogen (secondary N) is 2. The minimum absolute atomic E-state index is 0. The number of guanidine groups is 1. The normalized spacial score (nSPS) is 16.7. The number of halogens is 1. The third kappa shape index (κ3) is 7.84. The lowest BCUT2D eigenvalue weighted by Gasteiger charge is -2.21. The van der Waals surface area contributed by atoms with E-state index in [-0.39, 0.29) is 30.5 Å². The van der Waals surface area contributed by atoms with E-state index in [2.05, 4.69) is 15.6 Å². The SMILES string of the molecule is CCNC(=NCC(C)(O)c1cc(C)oc1C)NCCCOCC1CC1.I. The molecule has 1 fully saturated rings. The average molecular weight is 479 g/mol. The summed E-state index contributed by atoms with van der Waals surface area (Å²) in [6.45, 7) is 11.0. The molecule has 1 aromatic heterocycles. The van der Waals surface area contributed by atoms with E-state index in [9.17, 15) is 5.11 Å². The second kappa shape index (κ2) is 11.1. The Morgan fingerprint density at radius 1 is 1.38 bits per heavy atom. The molecule has 150 valence electrons. The van der Waals surface area contributed by atoms with Gasteiger partial charge in [0.15, 0.2) is 5.96 Å². The highest BCUT2D eigenvalue weighted by atomic mass is 127. The van der Waals surface area contributed by atoms with Gasteiger partial charge >= 0.3 is 0 Å². The van der Waals surface area contributed by atoms with Crippen LogP contribution in [0.5, 0.6) is 0 Å². The van der Waals surface area contributed by atoms with Crippen molar-refractivity contribution >= 4 is 29.9 Å². The number of hydrogen-bond acceptors (Lipinski definition) is 4. The van der Waals surface area contributed by atoms with E-state index < -0.39 is 5.60 Å². The molecular weight excluding hydrogens is 445 g/mol. The summed E-state index contributed by atoms with van der Waals surface area (Å²) in [5.41, 5.74) is -0.268. The second-order valence-corrected chi connectivity index (χ2v) is 7.09. The van der Waals surface area contributed by atoms with Crippen LogP contribution in [0.4, 0.5) is 0 Å². The van der Waals surface area contributed by atoms with E-state index in [0.717, 1.165) is 55.7 Å².